The number of aryl methyl sites for hydroxylation is 1. The Kier molecular flexibility index (Phi) is 6.51. The second kappa shape index (κ2) is 8.82. The van der Waals surface area contributed by atoms with E-state index < -0.39 is 0 Å². The van der Waals surface area contributed by atoms with Crippen LogP contribution in [0.5, 0.6) is 5.75 Å². The number of anilines is 1. The van der Waals surface area contributed by atoms with Crippen LogP contribution in [0.15, 0.2) is 53.6 Å². The predicted octanol–water partition coefficient (Wildman–Crippen LogP) is 2.28. The summed E-state index contributed by atoms with van der Waals surface area (Å²) >= 11 is 0. The summed E-state index contributed by atoms with van der Waals surface area (Å²) in [5, 5.41) is 3.73. The number of hydrogen-bond acceptors (Lipinski definition) is 5. The molecule has 0 saturated carbocycles. The Morgan fingerprint density at radius 1 is 1.24 bits per heavy atom. The van der Waals surface area contributed by atoms with Gasteiger partial charge in [-0.1, -0.05) is 18.2 Å². The van der Waals surface area contributed by atoms with Crippen molar-refractivity contribution in [2.45, 2.75) is 20.0 Å². The molecule has 0 aromatic heterocycles. The summed E-state index contributed by atoms with van der Waals surface area (Å²) in [6.07, 6.45) is -0.119. The average Bonchev–Trinajstić information content (AvgIpc) is 2.61. The molecule has 0 aliphatic rings. The van der Waals surface area contributed by atoms with Gasteiger partial charge in [0.1, 0.15) is 24.1 Å². The predicted molar refractivity (Wildman–Crippen MR) is 96.0 cm³/mol. The highest BCUT2D eigenvalue weighted by Crippen LogP contribution is 2.24. The number of nitrogens with two attached hydrogens (primary N) is 1. The highest BCUT2D eigenvalue weighted by molar-refractivity contribution is 5.76. The lowest BCUT2D eigenvalue weighted by atomic mass is 10.1. The van der Waals surface area contributed by atoms with E-state index in [1.165, 1.54) is 7.11 Å². The standard InChI is InChI=1S/C19H23N3O3/c1-14-11-16(9-10-18(14)21-20)22(13-19(23)24-3)12-15(2)25-17-7-5-4-6-8-17/h4-11,15,20H,12-13H2,1-3H3/p+1. The minimum atomic E-state index is -0.308. The highest BCUT2D eigenvalue weighted by Gasteiger charge is 2.17. The summed E-state index contributed by atoms with van der Waals surface area (Å²) in [5.74, 6) is 0.485. The molecule has 6 heteroatoms. The lowest BCUT2D eigenvalue weighted by Gasteiger charge is -2.27. The number of methoxy groups -OCH3 is 1. The van der Waals surface area contributed by atoms with Crippen LogP contribution in [-0.4, -0.2) is 32.3 Å². The molecule has 25 heavy (non-hydrogen) atoms. The van der Waals surface area contributed by atoms with E-state index in [0.29, 0.717) is 6.54 Å². The molecule has 0 spiro atoms. The van der Waals surface area contributed by atoms with Gasteiger partial charge in [-0.3, -0.25) is 4.79 Å². The number of carbonyl (C=O) groups is 1. The fraction of sp³-hybridized carbons (Fsp3) is 0.316. The Morgan fingerprint density at radius 3 is 2.56 bits per heavy atom. The Hall–Kier alpha value is -2.89. The van der Waals surface area contributed by atoms with Crippen molar-refractivity contribution < 1.29 is 19.8 Å². The van der Waals surface area contributed by atoms with Gasteiger partial charge in [0, 0.05) is 5.69 Å². The molecule has 0 saturated heterocycles. The molecular weight excluding hydrogens is 318 g/mol. The summed E-state index contributed by atoms with van der Waals surface area (Å²) in [6.45, 7) is 4.56. The molecule has 2 aromatic rings. The van der Waals surface area contributed by atoms with Gasteiger partial charge in [-0.05, 0) is 54.9 Å². The minimum Gasteiger partial charge on any atom is -0.489 e. The van der Waals surface area contributed by atoms with Crippen molar-refractivity contribution in [1.82, 2.24) is 0 Å². The van der Waals surface area contributed by atoms with Crippen molar-refractivity contribution in [2.24, 2.45) is 5.11 Å². The number of para-hydroxylation sites is 1. The number of rotatable bonds is 8. The summed E-state index contributed by atoms with van der Waals surface area (Å²) < 4.78 is 10.7. The van der Waals surface area contributed by atoms with Crippen molar-refractivity contribution in [3.63, 3.8) is 0 Å². The first-order valence-electron chi connectivity index (χ1n) is 8.08. The molecule has 6 nitrogen and oxygen atoms in total. The van der Waals surface area contributed by atoms with Gasteiger partial charge in [0.15, 0.2) is 0 Å². The van der Waals surface area contributed by atoms with Crippen LogP contribution in [-0.2, 0) is 9.53 Å². The number of esters is 1. The van der Waals surface area contributed by atoms with Crippen LogP contribution in [0, 0.1) is 6.92 Å². The van der Waals surface area contributed by atoms with Crippen LogP contribution >= 0.6 is 0 Å². The molecule has 0 amide bonds. The van der Waals surface area contributed by atoms with Crippen molar-refractivity contribution in [2.75, 3.05) is 25.1 Å². The van der Waals surface area contributed by atoms with E-state index in [0.717, 1.165) is 22.7 Å². The van der Waals surface area contributed by atoms with E-state index in [1.807, 2.05) is 67.3 Å². The van der Waals surface area contributed by atoms with Gasteiger partial charge in [-0.25, -0.2) is 0 Å². The Morgan fingerprint density at radius 2 is 1.96 bits per heavy atom. The van der Waals surface area contributed by atoms with E-state index in [9.17, 15) is 4.79 Å². The smallest absolute Gasteiger partial charge is 0.325 e. The van der Waals surface area contributed by atoms with Crippen LogP contribution in [0.4, 0.5) is 11.4 Å². The van der Waals surface area contributed by atoms with Gasteiger partial charge in [0.05, 0.1) is 13.7 Å². The van der Waals surface area contributed by atoms with Crippen LogP contribution in [0.2, 0.25) is 0 Å². The van der Waals surface area contributed by atoms with Gasteiger partial charge in [0.25, 0.3) is 0 Å². The molecule has 0 radical (unpaired) electrons. The number of hydrogen-bond donors (Lipinski definition) is 1. The molecule has 0 aliphatic heterocycles. The zero-order valence-electron chi connectivity index (χ0n) is 14.8. The van der Waals surface area contributed by atoms with E-state index in [2.05, 4.69) is 5.11 Å². The zero-order valence-corrected chi connectivity index (χ0v) is 14.8. The maximum atomic E-state index is 11.8. The zero-order chi connectivity index (χ0) is 18.2. The highest BCUT2D eigenvalue weighted by atomic mass is 16.5. The molecule has 0 bridgehead atoms. The second-order valence-electron chi connectivity index (χ2n) is 5.80. The van der Waals surface area contributed by atoms with Gasteiger partial charge < -0.3 is 14.4 Å². The van der Waals surface area contributed by atoms with Crippen LogP contribution in [0.25, 0.3) is 0 Å². The fourth-order valence-electron chi connectivity index (χ4n) is 2.54. The molecule has 2 N–H and O–H groups in total. The maximum Gasteiger partial charge on any atom is 0.325 e. The SMILES string of the molecule is COC(=O)CN(CC(C)Oc1ccccc1)c1ccc(N=[NH2+])c(C)c1. The van der Waals surface area contributed by atoms with Crippen LogP contribution < -0.4 is 15.2 Å². The molecule has 2 rings (SSSR count). The average molecular weight is 342 g/mol. The van der Waals surface area contributed by atoms with Gasteiger partial charge in [0.2, 0.25) is 0 Å². The fourth-order valence-corrected chi connectivity index (χ4v) is 2.54. The Bertz CT molecular complexity index is 719. The van der Waals surface area contributed by atoms with E-state index >= 15 is 0 Å². The second-order valence-corrected chi connectivity index (χ2v) is 5.80. The maximum absolute atomic E-state index is 11.8. The van der Waals surface area contributed by atoms with E-state index in [1.54, 1.807) is 0 Å². The molecule has 1 unspecified atom stereocenters. The summed E-state index contributed by atoms with van der Waals surface area (Å²) in [5.41, 5.74) is 7.91. The summed E-state index contributed by atoms with van der Waals surface area (Å²) in [6, 6.07) is 15.3. The quantitative estimate of drug-likeness (QED) is 0.590. The first kappa shape index (κ1) is 18.4. The first-order chi connectivity index (χ1) is 12.0. The summed E-state index contributed by atoms with van der Waals surface area (Å²) in [4.78, 5) is 13.7. The number of nitrogens with zero attached hydrogens (tertiary/aromatic N) is 2. The Labute approximate surface area is 147 Å². The molecule has 0 fully saturated rings. The van der Waals surface area contributed by atoms with Crippen molar-refractivity contribution in [3.8, 4) is 5.75 Å². The lowest BCUT2D eigenvalue weighted by Crippen LogP contribution is -2.38. The number of carbonyl (C=O) groups excluding carboxylic acids is 1. The van der Waals surface area contributed by atoms with Crippen LogP contribution in [0.3, 0.4) is 0 Å². The monoisotopic (exact) mass is 342 g/mol. The van der Waals surface area contributed by atoms with Crippen molar-refractivity contribution >= 4 is 17.3 Å². The van der Waals surface area contributed by atoms with Gasteiger partial charge in [-0.2, -0.15) is 5.53 Å². The van der Waals surface area contributed by atoms with Gasteiger partial charge >= 0.3 is 5.97 Å². The third-order valence-electron chi connectivity index (χ3n) is 3.79. The van der Waals surface area contributed by atoms with Crippen molar-refractivity contribution in [3.05, 3.63) is 54.1 Å². The molecular formula is C19H24N3O3+. The van der Waals surface area contributed by atoms with Crippen molar-refractivity contribution in [1.29, 1.82) is 0 Å². The first-order valence-corrected chi connectivity index (χ1v) is 8.08. The largest absolute Gasteiger partial charge is 0.489 e. The lowest BCUT2D eigenvalue weighted by molar-refractivity contribution is -0.210. The van der Waals surface area contributed by atoms with E-state index in [-0.39, 0.29) is 18.6 Å². The number of ether oxygens (including phenoxy) is 2. The normalized spacial score (nSPS) is 11.5. The summed E-state index contributed by atoms with van der Waals surface area (Å²) in [7, 11) is 1.38. The van der Waals surface area contributed by atoms with E-state index in [4.69, 9.17) is 15.0 Å². The molecule has 0 heterocycles. The molecule has 0 aliphatic carbocycles. The number of benzene rings is 2. The minimum absolute atomic E-state index is 0.119. The Balaban J connectivity index is 2.16. The third-order valence-corrected chi connectivity index (χ3v) is 3.79. The van der Waals surface area contributed by atoms with Gasteiger partial charge in [-0.15, -0.1) is 0 Å². The third kappa shape index (κ3) is 5.31. The molecule has 132 valence electrons. The molecule has 2 aromatic carbocycles. The van der Waals surface area contributed by atoms with Crippen LogP contribution in [0.1, 0.15) is 12.5 Å². The molecule has 1 atom stereocenters. The topological polar surface area (TPSA) is 76.7 Å².